The smallest absolute Gasteiger partial charge is 0.271 e. The van der Waals surface area contributed by atoms with Gasteiger partial charge in [0.2, 0.25) is 0 Å². The van der Waals surface area contributed by atoms with Crippen LogP contribution in [0, 0.1) is 5.41 Å². The molecule has 1 saturated carbocycles. The van der Waals surface area contributed by atoms with Gasteiger partial charge in [-0.15, -0.1) is 0 Å². The van der Waals surface area contributed by atoms with Crippen molar-refractivity contribution in [2.24, 2.45) is 5.41 Å². The first-order valence-electron chi connectivity index (χ1n) is 8.94. The summed E-state index contributed by atoms with van der Waals surface area (Å²) in [6.45, 7) is 1.25. The van der Waals surface area contributed by atoms with Crippen molar-refractivity contribution in [3.63, 3.8) is 0 Å². The van der Waals surface area contributed by atoms with E-state index in [0.29, 0.717) is 24.5 Å². The number of hydrogen-bond acceptors (Lipinski definition) is 3. The summed E-state index contributed by atoms with van der Waals surface area (Å²) in [5.41, 5.74) is 0.601. The van der Waals surface area contributed by atoms with Crippen molar-refractivity contribution in [2.45, 2.75) is 38.2 Å². The molecule has 1 amide bonds. The predicted molar refractivity (Wildman–Crippen MR) is 93.8 cm³/mol. The Hall–Kier alpha value is -2.34. The SMILES string of the molecule is O=C(c1cc(=O)n(-c2ccccc2)[nH]1)N1CCC[C@@]2(CCC[C@H]2O)C1. The minimum Gasteiger partial charge on any atom is -0.392 e. The number of aromatic nitrogens is 2. The average molecular weight is 341 g/mol. The van der Waals surface area contributed by atoms with Gasteiger partial charge in [-0.25, -0.2) is 4.68 Å². The number of likely N-dealkylation sites (tertiary alicyclic amines) is 1. The van der Waals surface area contributed by atoms with E-state index >= 15 is 0 Å². The Morgan fingerprint density at radius 3 is 2.68 bits per heavy atom. The van der Waals surface area contributed by atoms with Crippen LogP contribution in [0.4, 0.5) is 0 Å². The van der Waals surface area contributed by atoms with Gasteiger partial charge in [-0.2, -0.15) is 0 Å². The van der Waals surface area contributed by atoms with Crippen LogP contribution in [-0.4, -0.2) is 44.9 Å². The number of nitrogens with zero attached hydrogens (tertiary/aromatic N) is 2. The molecule has 4 rings (SSSR count). The van der Waals surface area contributed by atoms with Gasteiger partial charge in [0.05, 0.1) is 11.8 Å². The van der Waals surface area contributed by atoms with Crippen molar-refractivity contribution in [1.29, 1.82) is 0 Å². The molecule has 2 aromatic rings. The maximum absolute atomic E-state index is 12.9. The maximum Gasteiger partial charge on any atom is 0.271 e. The molecule has 2 fully saturated rings. The normalized spacial score (nSPS) is 26.3. The molecular formula is C19H23N3O3. The Labute approximate surface area is 146 Å². The number of carbonyl (C=O) groups is 1. The van der Waals surface area contributed by atoms with Gasteiger partial charge in [0.25, 0.3) is 11.5 Å². The first-order chi connectivity index (χ1) is 12.1. The third-order valence-electron chi connectivity index (χ3n) is 5.72. The van der Waals surface area contributed by atoms with Crippen molar-refractivity contribution >= 4 is 5.91 Å². The fraction of sp³-hybridized carbons (Fsp3) is 0.474. The van der Waals surface area contributed by atoms with Gasteiger partial charge < -0.3 is 10.0 Å². The highest BCUT2D eigenvalue weighted by molar-refractivity contribution is 5.92. The molecule has 0 radical (unpaired) electrons. The zero-order valence-corrected chi connectivity index (χ0v) is 14.1. The lowest BCUT2D eigenvalue weighted by Gasteiger charge is -2.42. The number of hydrogen-bond donors (Lipinski definition) is 2. The first-order valence-corrected chi connectivity index (χ1v) is 8.94. The zero-order chi connectivity index (χ0) is 17.4. The lowest BCUT2D eigenvalue weighted by molar-refractivity contribution is -0.00556. The summed E-state index contributed by atoms with van der Waals surface area (Å²) in [6.07, 6.45) is 4.36. The lowest BCUT2D eigenvalue weighted by Crippen LogP contribution is -2.49. The van der Waals surface area contributed by atoms with E-state index < -0.39 is 0 Å². The fourth-order valence-electron chi connectivity index (χ4n) is 4.37. The van der Waals surface area contributed by atoms with Crippen LogP contribution in [0.15, 0.2) is 41.2 Å². The zero-order valence-electron chi connectivity index (χ0n) is 14.1. The third kappa shape index (κ3) is 2.80. The van der Waals surface area contributed by atoms with Crippen LogP contribution in [0.25, 0.3) is 5.69 Å². The van der Waals surface area contributed by atoms with Crippen molar-refractivity contribution in [2.75, 3.05) is 13.1 Å². The molecule has 2 heterocycles. The molecular weight excluding hydrogens is 318 g/mol. The number of benzene rings is 1. The second kappa shape index (κ2) is 6.19. The molecule has 6 heteroatoms. The Bertz CT molecular complexity index is 826. The molecule has 2 atom stereocenters. The van der Waals surface area contributed by atoms with Crippen LogP contribution in [-0.2, 0) is 0 Å². The van der Waals surface area contributed by atoms with E-state index in [1.165, 1.54) is 10.7 Å². The molecule has 2 aliphatic rings. The summed E-state index contributed by atoms with van der Waals surface area (Å²) in [5.74, 6) is -0.162. The van der Waals surface area contributed by atoms with E-state index in [0.717, 1.165) is 32.1 Å². The molecule has 0 bridgehead atoms. The van der Waals surface area contributed by atoms with E-state index in [-0.39, 0.29) is 23.0 Å². The number of nitrogens with one attached hydrogen (secondary N) is 1. The van der Waals surface area contributed by atoms with Gasteiger partial charge in [0, 0.05) is 24.6 Å². The molecule has 1 aromatic carbocycles. The van der Waals surface area contributed by atoms with E-state index in [4.69, 9.17) is 0 Å². The van der Waals surface area contributed by atoms with Crippen LogP contribution in [0.2, 0.25) is 0 Å². The molecule has 1 aliphatic heterocycles. The highest BCUT2D eigenvalue weighted by atomic mass is 16.3. The molecule has 1 aromatic heterocycles. The molecule has 6 nitrogen and oxygen atoms in total. The van der Waals surface area contributed by atoms with E-state index in [9.17, 15) is 14.7 Å². The molecule has 1 saturated heterocycles. The topological polar surface area (TPSA) is 78.3 Å². The average Bonchev–Trinajstić information content (AvgIpc) is 3.19. The Balaban J connectivity index is 1.58. The fourth-order valence-corrected chi connectivity index (χ4v) is 4.37. The number of amides is 1. The number of para-hydroxylation sites is 1. The summed E-state index contributed by atoms with van der Waals surface area (Å²) in [4.78, 5) is 26.9. The van der Waals surface area contributed by atoms with Crippen LogP contribution < -0.4 is 5.56 Å². The van der Waals surface area contributed by atoms with Crippen LogP contribution in [0.5, 0.6) is 0 Å². The van der Waals surface area contributed by atoms with Gasteiger partial charge in [-0.1, -0.05) is 24.6 Å². The summed E-state index contributed by atoms with van der Waals surface area (Å²) in [5, 5.41) is 13.3. The minimum absolute atomic E-state index is 0.157. The maximum atomic E-state index is 12.9. The Kier molecular flexibility index (Phi) is 4.00. The quantitative estimate of drug-likeness (QED) is 0.876. The number of aliphatic hydroxyl groups excluding tert-OH is 1. The number of piperidine rings is 1. The van der Waals surface area contributed by atoms with Gasteiger partial charge in [-0.05, 0) is 37.8 Å². The van der Waals surface area contributed by atoms with Crippen molar-refractivity contribution in [1.82, 2.24) is 14.7 Å². The molecule has 1 aliphatic carbocycles. The van der Waals surface area contributed by atoms with E-state index in [1.54, 1.807) is 4.90 Å². The lowest BCUT2D eigenvalue weighted by atomic mass is 9.76. The molecule has 1 spiro atoms. The highest BCUT2D eigenvalue weighted by Gasteiger charge is 2.45. The van der Waals surface area contributed by atoms with Crippen LogP contribution in [0.3, 0.4) is 0 Å². The van der Waals surface area contributed by atoms with Gasteiger partial charge >= 0.3 is 0 Å². The second-order valence-electron chi connectivity index (χ2n) is 7.28. The molecule has 2 N–H and O–H groups in total. The van der Waals surface area contributed by atoms with E-state index in [2.05, 4.69) is 5.10 Å². The number of rotatable bonds is 2. The Morgan fingerprint density at radius 1 is 1.20 bits per heavy atom. The summed E-state index contributed by atoms with van der Waals surface area (Å²) in [6, 6.07) is 10.6. The van der Waals surface area contributed by atoms with Gasteiger partial charge in [-0.3, -0.25) is 14.7 Å². The summed E-state index contributed by atoms with van der Waals surface area (Å²) < 4.78 is 1.39. The summed E-state index contributed by atoms with van der Waals surface area (Å²) >= 11 is 0. The first kappa shape index (κ1) is 16.1. The number of carbonyl (C=O) groups excluding carboxylic acids is 1. The summed E-state index contributed by atoms with van der Waals surface area (Å²) in [7, 11) is 0. The highest BCUT2D eigenvalue weighted by Crippen LogP contribution is 2.45. The molecule has 132 valence electrons. The number of aromatic amines is 1. The number of H-pyrrole nitrogens is 1. The van der Waals surface area contributed by atoms with Crippen LogP contribution >= 0.6 is 0 Å². The van der Waals surface area contributed by atoms with Crippen molar-refractivity contribution in [3.05, 3.63) is 52.4 Å². The van der Waals surface area contributed by atoms with Gasteiger partial charge in [0.1, 0.15) is 5.69 Å². The standard InChI is InChI=1S/C19H23N3O3/c23-16-8-4-9-19(16)10-5-11-21(13-19)18(25)15-12-17(24)22(20-15)14-6-2-1-3-7-14/h1-3,6-7,12,16,20,23H,4-5,8-11,13H2/t16-,19+/m1/s1. The number of aliphatic hydroxyl groups is 1. The van der Waals surface area contributed by atoms with Crippen molar-refractivity contribution in [3.8, 4) is 5.69 Å². The minimum atomic E-state index is -0.323. The third-order valence-corrected chi connectivity index (χ3v) is 5.72. The monoisotopic (exact) mass is 341 g/mol. The van der Waals surface area contributed by atoms with E-state index in [1.807, 2.05) is 30.3 Å². The Morgan fingerprint density at radius 2 is 1.96 bits per heavy atom. The van der Waals surface area contributed by atoms with Gasteiger partial charge in [0.15, 0.2) is 0 Å². The predicted octanol–water partition coefficient (Wildman–Crippen LogP) is 1.93. The molecule has 0 unspecified atom stereocenters. The van der Waals surface area contributed by atoms with Crippen molar-refractivity contribution < 1.29 is 9.90 Å². The second-order valence-corrected chi connectivity index (χ2v) is 7.28. The van der Waals surface area contributed by atoms with Crippen LogP contribution in [0.1, 0.15) is 42.6 Å². The molecule has 25 heavy (non-hydrogen) atoms. The largest absolute Gasteiger partial charge is 0.392 e.